The van der Waals surface area contributed by atoms with Gasteiger partial charge in [0.1, 0.15) is 5.15 Å². The molecule has 3 N–H and O–H groups in total. The molecule has 1 heterocycles. The van der Waals surface area contributed by atoms with Gasteiger partial charge in [0.05, 0.1) is 0 Å². The molecular weight excluding hydrogens is 168 g/mol. The number of nitrogen functional groups attached to an aromatic ring is 1. The Kier molecular flexibility index (Phi) is 1.96. The van der Waals surface area contributed by atoms with Crippen LogP contribution < -0.4 is 5.73 Å². The number of carboxylic acids is 1. The van der Waals surface area contributed by atoms with Crippen molar-refractivity contribution in [1.82, 2.24) is 4.98 Å². The number of nitrogens with zero attached hydrogens (tertiary/aromatic N) is 1. The van der Waals surface area contributed by atoms with Gasteiger partial charge in [-0.15, -0.1) is 0 Å². The van der Waals surface area contributed by atoms with Crippen LogP contribution >= 0.6 is 11.6 Å². The van der Waals surface area contributed by atoms with Gasteiger partial charge in [-0.3, -0.25) is 0 Å². The van der Waals surface area contributed by atoms with Crippen LogP contribution in [0.3, 0.4) is 0 Å². The SMILES string of the molecule is Nc1cc(Cl)nc(C(=O)O)c1. The van der Waals surface area contributed by atoms with Crippen molar-refractivity contribution in [2.75, 3.05) is 5.73 Å². The van der Waals surface area contributed by atoms with E-state index in [0.29, 0.717) is 5.69 Å². The lowest BCUT2D eigenvalue weighted by molar-refractivity contribution is 0.0690. The van der Waals surface area contributed by atoms with Crippen molar-refractivity contribution < 1.29 is 9.90 Å². The summed E-state index contributed by atoms with van der Waals surface area (Å²) in [5.74, 6) is -1.14. The van der Waals surface area contributed by atoms with Crippen LogP contribution in [0.25, 0.3) is 0 Å². The first-order valence-electron chi connectivity index (χ1n) is 2.76. The second-order valence-electron chi connectivity index (χ2n) is 1.91. The lowest BCUT2D eigenvalue weighted by Gasteiger charge is -1.96. The first kappa shape index (κ1) is 7.81. The summed E-state index contributed by atoms with van der Waals surface area (Å²) in [6, 6.07) is 2.63. The van der Waals surface area contributed by atoms with E-state index in [4.69, 9.17) is 22.4 Å². The summed E-state index contributed by atoms with van der Waals surface area (Å²) < 4.78 is 0. The van der Waals surface area contributed by atoms with Crippen molar-refractivity contribution in [3.8, 4) is 0 Å². The number of aromatic nitrogens is 1. The van der Waals surface area contributed by atoms with E-state index in [0.717, 1.165) is 0 Å². The zero-order valence-electron chi connectivity index (χ0n) is 5.41. The number of aromatic carboxylic acids is 1. The molecule has 0 aliphatic heterocycles. The molecule has 1 aromatic heterocycles. The third-order valence-corrected chi connectivity index (χ3v) is 1.23. The summed E-state index contributed by atoms with van der Waals surface area (Å²) >= 11 is 5.44. The minimum absolute atomic E-state index is 0.0856. The van der Waals surface area contributed by atoms with Crippen molar-refractivity contribution in [2.24, 2.45) is 0 Å². The Hall–Kier alpha value is -1.29. The predicted octanol–water partition coefficient (Wildman–Crippen LogP) is 1.02. The number of carbonyl (C=O) groups is 1. The molecule has 0 spiro atoms. The molecule has 58 valence electrons. The maximum Gasteiger partial charge on any atom is 0.354 e. The lowest BCUT2D eigenvalue weighted by atomic mass is 10.3. The second kappa shape index (κ2) is 2.75. The van der Waals surface area contributed by atoms with Gasteiger partial charge in [0.15, 0.2) is 5.69 Å². The molecule has 5 heteroatoms. The van der Waals surface area contributed by atoms with Gasteiger partial charge in [-0.2, -0.15) is 0 Å². The molecule has 11 heavy (non-hydrogen) atoms. The fourth-order valence-electron chi connectivity index (χ4n) is 0.626. The molecule has 4 nitrogen and oxygen atoms in total. The standard InChI is InChI=1S/C6H5ClN2O2/c7-5-2-3(8)1-4(9-5)6(10)11/h1-2H,(H2,8,9)(H,10,11). The third-order valence-electron chi connectivity index (χ3n) is 1.04. The van der Waals surface area contributed by atoms with E-state index < -0.39 is 5.97 Å². The van der Waals surface area contributed by atoms with Crippen LogP contribution in [0.1, 0.15) is 10.5 Å². The minimum Gasteiger partial charge on any atom is -0.477 e. The first-order chi connectivity index (χ1) is 5.09. The van der Waals surface area contributed by atoms with E-state index in [1.54, 1.807) is 0 Å². The summed E-state index contributed by atoms with van der Waals surface area (Å²) in [5.41, 5.74) is 5.46. The highest BCUT2D eigenvalue weighted by molar-refractivity contribution is 6.29. The molecule has 0 aliphatic rings. The van der Waals surface area contributed by atoms with Gasteiger partial charge in [0.25, 0.3) is 0 Å². The van der Waals surface area contributed by atoms with Crippen LogP contribution in [0.5, 0.6) is 0 Å². The average molecular weight is 173 g/mol. The Morgan fingerprint density at radius 3 is 2.73 bits per heavy atom. The predicted molar refractivity (Wildman–Crippen MR) is 40.6 cm³/mol. The highest BCUT2D eigenvalue weighted by Gasteiger charge is 2.05. The van der Waals surface area contributed by atoms with E-state index >= 15 is 0 Å². The number of anilines is 1. The maximum absolute atomic E-state index is 10.3. The van der Waals surface area contributed by atoms with Crippen LogP contribution in [0, 0.1) is 0 Å². The fraction of sp³-hybridized carbons (Fsp3) is 0. The maximum atomic E-state index is 10.3. The smallest absolute Gasteiger partial charge is 0.354 e. The molecule has 0 radical (unpaired) electrons. The van der Waals surface area contributed by atoms with Gasteiger partial charge < -0.3 is 10.8 Å². The zero-order chi connectivity index (χ0) is 8.43. The number of carboxylic acid groups (broad SMARTS) is 1. The van der Waals surface area contributed by atoms with Gasteiger partial charge in [0.2, 0.25) is 0 Å². The topological polar surface area (TPSA) is 76.2 Å². The van der Waals surface area contributed by atoms with E-state index in [9.17, 15) is 4.79 Å². The van der Waals surface area contributed by atoms with Crippen LogP contribution in [-0.2, 0) is 0 Å². The molecule has 0 saturated heterocycles. The van der Waals surface area contributed by atoms with Crippen molar-refractivity contribution in [1.29, 1.82) is 0 Å². The summed E-state index contributed by atoms with van der Waals surface area (Å²) in [7, 11) is 0. The van der Waals surface area contributed by atoms with Gasteiger partial charge in [0, 0.05) is 5.69 Å². The zero-order valence-corrected chi connectivity index (χ0v) is 6.17. The van der Waals surface area contributed by atoms with Gasteiger partial charge in [-0.1, -0.05) is 11.6 Å². The number of nitrogens with two attached hydrogens (primary N) is 1. The van der Waals surface area contributed by atoms with Crippen molar-refractivity contribution in [3.63, 3.8) is 0 Å². The van der Waals surface area contributed by atoms with Gasteiger partial charge >= 0.3 is 5.97 Å². The molecule has 0 aromatic carbocycles. The van der Waals surface area contributed by atoms with E-state index in [2.05, 4.69) is 4.98 Å². The molecule has 0 amide bonds. The van der Waals surface area contributed by atoms with E-state index in [1.807, 2.05) is 0 Å². The monoisotopic (exact) mass is 172 g/mol. The highest BCUT2D eigenvalue weighted by atomic mass is 35.5. The highest BCUT2D eigenvalue weighted by Crippen LogP contribution is 2.11. The largest absolute Gasteiger partial charge is 0.477 e. The Bertz CT molecular complexity index is 280. The van der Waals surface area contributed by atoms with Crippen molar-refractivity contribution in [2.45, 2.75) is 0 Å². The fourth-order valence-corrected chi connectivity index (χ4v) is 0.843. The van der Waals surface area contributed by atoms with Crippen LogP contribution in [0.15, 0.2) is 12.1 Å². The Balaban J connectivity index is 3.19. The molecule has 0 aliphatic carbocycles. The number of hydrogen-bond acceptors (Lipinski definition) is 3. The summed E-state index contributed by atoms with van der Waals surface area (Å²) in [5, 5.41) is 8.54. The summed E-state index contributed by atoms with van der Waals surface area (Å²) in [4.78, 5) is 13.8. The van der Waals surface area contributed by atoms with Gasteiger partial charge in [-0.25, -0.2) is 9.78 Å². The summed E-state index contributed by atoms with van der Waals surface area (Å²) in [6.07, 6.45) is 0. The van der Waals surface area contributed by atoms with Crippen LogP contribution in [-0.4, -0.2) is 16.1 Å². The van der Waals surface area contributed by atoms with Crippen molar-refractivity contribution in [3.05, 3.63) is 23.0 Å². The molecule has 1 aromatic rings. The minimum atomic E-state index is -1.14. The molecule has 0 unspecified atom stereocenters. The van der Waals surface area contributed by atoms with E-state index in [1.165, 1.54) is 12.1 Å². The van der Waals surface area contributed by atoms with Crippen LogP contribution in [0.2, 0.25) is 5.15 Å². The molecular formula is C6H5ClN2O2. The average Bonchev–Trinajstić information content (AvgIpc) is 1.85. The number of hydrogen-bond donors (Lipinski definition) is 2. The number of halogens is 1. The van der Waals surface area contributed by atoms with Crippen molar-refractivity contribution >= 4 is 23.3 Å². The molecule has 0 bridgehead atoms. The quantitative estimate of drug-likeness (QED) is 0.620. The molecule has 0 atom stereocenters. The molecule has 0 fully saturated rings. The first-order valence-corrected chi connectivity index (χ1v) is 3.14. The molecule has 0 saturated carbocycles. The summed E-state index contributed by atoms with van der Waals surface area (Å²) in [6.45, 7) is 0. The Labute approximate surface area is 67.6 Å². The van der Waals surface area contributed by atoms with Crippen LogP contribution in [0.4, 0.5) is 5.69 Å². The number of rotatable bonds is 1. The van der Waals surface area contributed by atoms with E-state index in [-0.39, 0.29) is 10.8 Å². The normalized spacial score (nSPS) is 9.55. The Morgan fingerprint density at radius 2 is 2.27 bits per heavy atom. The second-order valence-corrected chi connectivity index (χ2v) is 2.30. The number of pyridine rings is 1. The lowest BCUT2D eigenvalue weighted by Crippen LogP contribution is -2.01. The molecule has 1 rings (SSSR count). The third kappa shape index (κ3) is 1.81. The Morgan fingerprint density at radius 1 is 1.64 bits per heavy atom. The van der Waals surface area contributed by atoms with Gasteiger partial charge in [-0.05, 0) is 12.1 Å².